The number of hydrogen-bond donors (Lipinski definition) is 6. The number of aliphatic hydroxyl groups is 6. The second-order valence-corrected chi connectivity index (χ2v) is 43.0. The summed E-state index contributed by atoms with van der Waals surface area (Å²) < 4.78 is 0. The minimum Gasteiger partial charge on any atom is -0.396 e. The second kappa shape index (κ2) is 79.2. The molecule has 0 aromatic heterocycles. The summed E-state index contributed by atoms with van der Waals surface area (Å²) >= 11 is 0. The summed E-state index contributed by atoms with van der Waals surface area (Å²) in [5.74, 6) is 4.64. The highest BCUT2D eigenvalue weighted by Gasteiger charge is 2.33. The van der Waals surface area contributed by atoms with Gasteiger partial charge >= 0.3 is 0 Å². The number of β-amino-alcohol motifs (C(OH)–C–C–N with tert-alkyl or cyclic N) is 2. The van der Waals surface area contributed by atoms with E-state index in [2.05, 4.69) is 190 Å². The van der Waals surface area contributed by atoms with Gasteiger partial charge in [0.2, 0.25) is 0 Å². The summed E-state index contributed by atoms with van der Waals surface area (Å²) in [6.45, 7) is 49.7. The summed E-state index contributed by atoms with van der Waals surface area (Å²) in [4.78, 5) is 117. The van der Waals surface area contributed by atoms with Gasteiger partial charge in [0.1, 0.15) is 40.5 Å². The van der Waals surface area contributed by atoms with Crippen molar-refractivity contribution in [3.05, 3.63) is 179 Å². The van der Waals surface area contributed by atoms with Gasteiger partial charge in [-0.2, -0.15) is 5.26 Å². The van der Waals surface area contributed by atoms with E-state index >= 15 is 0 Å². The molecule has 0 amide bonds. The van der Waals surface area contributed by atoms with Crippen LogP contribution in [0.5, 0.6) is 0 Å². The van der Waals surface area contributed by atoms with E-state index in [9.17, 15) is 43.5 Å². The molecule has 0 saturated carbocycles. The van der Waals surface area contributed by atoms with E-state index in [1.165, 1.54) is 111 Å². The molecule has 6 N–H and O–H groups in total. The number of nitrogens with zero attached hydrogens (tertiary/aromatic N) is 13. The lowest BCUT2D eigenvalue weighted by Gasteiger charge is -2.38. The first-order valence-electron chi connectivity index (χ1n) is 57.4. The van der Waals surface area contributed by atoms with Crippen LogP contribution >= 0.6 is 0 Å². The molecule has 12 aliphatic rings. The lowest BCUT2D eigenvalue weighted by Crippen LogP contribution is -2.44. The summed E-state index contributed by atoms with van der Waals surface area (Å²) in [5.41, 5.74) is 6.79. The highest BCUT2D eigenvalue weighted by molar-refractivity contribution is 5.97. The third kappa shape index (κ3) is 59.5. The Kier molecular flexibility index (Phi) is 69.1. The third-order valence-electron chi connectivity index (χ3n) is 30.3. The Morgan fingerprint density at radius 2 is 0.765 bits per heavy atom. The third-order valence-corrected chi connectivity index (χ3v) is 30.3. The van der Waals surface area contributed by atoms with Gasteiger partial charge in [-0.1, -0.05) is 212 Å². The van der Waals surface area contributed by atoms with Gasteiger partial charge in [-0.05, 0) is 210 Å². The van der Waals surface area contributed by atoms with Crippen molar-refractivity contribution in [2.75, 3.05) is 243 Å². The molecule has 27 heteroatoms. The monoisotopic (exact) mass is 2070 g/mol. The van der Waals surface area contributed by atoms with Crippen LogP contribution in [0.2, 0.25) is 0 Å². The number of nitriles is 1. The molecule has 4 unspecified atom stereocenters. The number of benzene rings is 5. The van der Waals surface area contributed by atoms with E-state index in [-0.39, 0.29) is 43.4 Å². The summed E-state index contributed by atoms with van der Waals surface area (Å²) in [6.07, 6.45) is 29.0. The fourth-order valence-corrected chi connectivity index (χ4v) is 20.3. The minimum atomic E-state index is -0.637. The highest BCUT2D eigenvalue weighted by Crippen LogP contribution is 2.28. The van der Waals surface area contributed by atoms with E-state index in [0.717, 1.165) is 324 Å². The van der Waals surface area contributed by atoms with Gasteiger partial charge in [-0.3, -0.25) is 58.0 Å². The zero-order valence-electron chi connectivity index (χ0n) is 93.3. The number of piperidine rings is 12. The molecule has 12 aliphatic heterocycles. The van der Waals surface area contributed by atoms with Crippen molar-refractivity contribution in [3.63, 3.8) is 0 Å². The first kappa shape index (κ1) is 130. The minimum absolute atomic E-state index is 0.0786. The Balaban J connectivity index is 0.000000250. The molecule has 17 rings (SSSR count). The van der Waals surface area contributed by atoms with E-state index in [4.69, 9.17) is 30.8 Å². The standard InChI is InChI=1S/C16H23NO.C14H21NO2.2C13H17NO.C12H15NO.C10H21NO2.C8H17NO2.2C8H15NO.C7H12N2.C7H13NO.C6H11NO/c1-13-6-8-15(9-7-13)16(18)14(2)12-17-10-4-3-5-11-17;16-11-8-14(17)6-9-15(10-7-14)12-13-4-2-1-3-5-13;1-11-9-14(8-7-13(11)15)10-12-5-3-2-4-6-12;15-13-7-10-14(11-8-13)9-6-12-4-2-1-3-5-12;14-12-6-8-13(9-7-12)10-11-4-2-1-3-5-11;12-8-1-2-10-3-5-11(6-4-10)7-9-13;10-7-8(11)6-9-4-2-1-3-5-9;1-3-9-5-4-8(10)7(2)6-9;1-2-5-9-6-3-8(10)4-7-9;8-4-7-9-5-2-1-3-6-9;1-2-8-5-3-7(9)4-6-8;1-7-4-2-6(8)3-5-7/h6-9,14H,3-5,10-12H2,1-2H3;1-5,16-17H,6-12H2;2-6,11H,7-10H2,1H3;1-5H,6-11H2;1-5H,6-10H2;10,12-13H,1-9H2;8,10-11H,1-7H2;7H,3-6H2,1-2H3;2-7H2,1H3;1-3,5-7H2;2-6H2,1H3;2-5H2,1H3. The van der Waals surface area contributed by atoms with E-state index < -0.39 is 11.7 Å². The van der Waals surface area contributed by atoms with Crippen LogP contribution in [0.1, 0.15) is 266 Å². The Morgan fingerprint density at radius 1 is 0.396 bits per heavy atom. The first-order valence-corrected chi connectivity index (χ1v) is 57.4. The molecule has 5 aromatic carbocycles. The van der Waals surface area contributed by atoms with Crippen molar-refractivity contribution in [2.24, 2.45) is 23.7 Å². The molecule has 0 radical (unpaired) electrons. The number of carbonyl (C=O) groups excluding carboxylic acids is 8. The molecule has 0 spiro atoms. The Morgan fingerprint density at radius 3 is 1.16 bits per heavy atom. The molecule has 12 fully saturated rings. The van der Waals surface area contributed by atoms with Gasteiger partial charge in [-0.25, -0.2) is 0 Å². The number of ketones is 8. The van der Waals surface area contributed by atoms with Crippen LogP contribution in [-0.4, -0.2) is 390 Å². The van der Waals surface area contributed by atoms with Gasteiger partial charge in [-0.15, -0.1) is 0 Å². The average molecular weight is 2070 g/mol. The fraction of sp³-hybridized carbons (Fsp3) is 0.680. The molecule has 4 atom stereocenters. The zero-order valence-corrected chi connectivity index (χ0v) is 93.3. The van der Waals surface area contributed by atoms with E-state index in [1.54, 1.807) is 0 Å². The van der Waals surface area contributed by atoms with Gasteiger partial charge in [0.15, 0.2) is 5.78 Å². The molecular formula is C122H197N13O14. The molecule has 5 aromatic rings. The lowest BCUT2D eigenvalue weighted by molar-refractivity contribution is -0.126. The number of hydrogen-bond acceptors (Lipinski definition) is 27. The molecule has 27 nitrogen and oxygen atoms in total. The summed E-state index contributed by atoms with van der Waals surface area (Å²) in [5, 5.41) is 62.6. The number of aryl methyl sites for hydroxylation is 1. The predicted octanol–water partition coefficient (Wildman–Crippen LogP) is 14.8. The summed E-state index contributed by atoms with van der Waals surface area (Å²) in [6, 6.07) is 51.9. The molecule has 149 heavy (non-hydrogen) atoms. The van der Waals surface area contributed by atoms with Crippen LogP contribution < -0.4 is 0 Å². The van der Waals surface area contributed by atoms with Crippen LogP contribution in [0.15, 0.2) is 146 Å². The van der Waals surface area contributed by atoms with Crippen LogP contribution in [0.4, 0.5) is 0 Å². The fourth-order valence-electron chi connectivity index (χ4n) is 20.3. The van der Waals surface area contributed by atoms with E-state index in [1.807, 2.05) is 76.3 Å². The number of aliphatic hydroxyl groups excluding tert-OH is 5. The van der Waals surface area contributed by atoms with Gasteiger partial charge in [0, 0.05) is 264 Å². The number of rotatable bonds is 28. The topological polar surface area (TPSA) is 321 Å². The maximum atomic E-state index is 12.3. The average Bonchev–Trinajstić information content (AvgIpc) is 0.846. The summed E-state index contributed by atoms with van der Waals surface area (Å²) in [7, 11) is 2.05. The van der Waals surface area contributed by atoms with Gasteiger partial charge in [0.25, 0.3) is 0 Å². The van der Waals surface area contributed by atoms with Crippen molar-refractivity contribution in [3.8, 4) is 6.07 Å². The normalized spacial score (nSPS) is 21.3. The molecule has 12 heterocycles. The predicted molar refractivity (Wildman–Crippen MR) is 602 cm³/mol. The maximum Gasteiger partial charge on any atom is 0.166 e. The van der Waals surface area contributed by atoms with Crippen LogP contribution in [-0.2, 0) is 59.6 Å². The number of Topliss-reactive ketones (excluding diaryl/α,β-unsaturated/α-hetero) is 8. The van der Waals surface area contributed by atoms with Gasteiger partial charge < -0.3 is 69.8 Å². The molecule has 0 aliphatic carbocycles. The SMILES string of the molecule is CC1CN(Cc2ccccc2)CCC1=O.CCCN1CCC(=O)CC1.CCN1CCC(=O)C(C)C1.CCN1CCC(=O)CC1.CN1CCC(=O)CC1.Cc1ccc(C(=O)C(C)CN2CCCCC2)cc1.N#CCN1CCCCC1.O=C1CCN(CCc2ccccc2)CC1.O=C1CCN(Cc2ccccc2)CC1.OCC(O)CN1CCCCC1.OCCC1(O)CCN(Cc2ccccc2)CC1.OCCCC1CCN(CCO)CC1. The Hall–Kier alpha value is -7.77. The van der Waals surface area contributed by atoms with Crippen molar-refractivity contribution in [1.82, 2.24) is 58.8 Å². The van der Waals surface area contributed by atoms with Crippen molar-refractivity contribution in [1.29, 1.82) is 5.26 Å². The second-order valence-electron chi connectivity index (χ2n) is 43.0. The molecular weight excluding hydrogens is 1870 g/mol. The lowest BCUT2D eigenvalue weighted by atomic mass is 9.88. The zero-order chi connectivity index (χ0) is 108. The maximum absolute atomic E-state index is 12.3. The van der Waals surface area contributed by atoms with E-state index in [0.29, 0.717) is 73.0 Å². The quantitative estimate of drug-likeness (QED) is 0.0200. The van der Waals surface area contributed by atoms with Crippen molar-refractivity contribution < 1.29 is 69.0 Å². The Labute approximate surface area is 898 Å². The Bertz CT molecular complexity index is 4340. The molecule has 0 bridgehead atoms. The smallest absolute Gasteiger partial charge is 0.166 e. The first-order chi connectivity index (χ1) is 72.1. The highest BCUT2D eigenvalue weighted by atomic mass is 16.3. The molecule has 834 valence electrons. The van der Waals surface area contributed by atoms with Crippen LogP contribution in [0.25, 0.3) is 0 Å². The van der Waals surface area contributed by atoms with Crippen molar-refractivity contribution >= 4 is 46.3 Å². The number of carbonyl (C=O) groups is 8. The van der Waals surface area contributed by atoms with Gasteiger partial charge in [0.05, 0.1) is 37.5 Å². The largest absolute Gasteiger partial charge is 0.396 e. The number of likely N-dealkylation sites (tertiary alicyclic amines) is 12. The van der Waals surface area contributed by atoms with Crippen LogP contribution in [0, 0.1) is 41.9 Å². The van der Waals surface area contributed by atoms with Crippen LogP contribution in [0.3, 0.4) is 0 Å². The van der Waals surface area contributed by atoms with Crippen molar-refractivity contribution in [2.45, 2.75) is 272 Å². The molecule has 12 saturated heterocycles.